The fourth-order valence-corrected chi connectivity index (χ4v) is 17.1. The van der Waals surface area contributed by atoms with Gasteiger partial charge < -0.3 is 0 Å². The van der Waals surface area contributed by atoms with Crippen molar-refractivity contribution in [1.82, 2.24) is 0 Å². The second-order valence-electron chi connectivity index (χ2n) is 12.3. The molecule has 0 aromatic heterocycles. The summed E-state index contributed by atoms with van der Waals surface area (Å²) in [5.74, 6) is 0. The quantitative estimate of drug-likeness (QED) is 0.134. The molecule has 0 fully saturated rings. The molecule has 0 saturated carbocycles. The average molecular weight is 855 g/mol. The number of hydrogen-bond acceptors (Lipinski definition) is 0. The van der Waals surface area contributed by atoms with Crippen molar-refractivity contribution >= 4 is 35.6 Å². The molecule has 50 heavy (non-hydrogen) atoms. The summed E-state index contributed by atoms with van der Waals surface area (Å²) in [6.45, 7) is 0. The normalized spacial score (nSPS) is 11.1. The summed E-state index contributed by atoms with van der Waals surface area (Å²) < 4.78 is 2.58. The molecule has 0 aliphatic carbocycles. The van der Waals surface area contributed by atoms with Crippen LogP contribution in [0.3, 0.4) is 0 Å². The minimum absolute atomic E-state index is 1.18. The summed E-state index contributed by atoms with van der Waals surface area (Å²) in [4.78, 5) is 0. The van der Waals surface area contributed by atoms with Crippen molar-refractivity contribution in [3.8, 4) is 66.8 Å². The van der Waals surface area contributed by atoms with Crippen LogP contribution in [0.15, 0.2) is 206 Å². The van der Waals surface area contributed by atoms with Gasteiger partial charge in [-0.1, -0.05) is 0 Å². The molecule has 2 heteroatoms. The van der Waals surface area contributed by atoms with Crippen LogP contribution in [0.25, 0.3) is 66.8 Å². The topological polar surface area (TPSA) is 0 Å². The molecule has 0 heterocycles. The van der Waals surface area contributed by atoms with E-state index in [1.807, 2.05) is 0 Å². The Morgan fingerprint density at radius 1 is 0.240 bits per heavy atom. The molecule has 8 rings (SSSR count). The summed E-state index contributed by atoms with van der Waals surface area (Å²) in [5, 5.41) is 0. The molecule has 0 bridgehead atoms. The van der Waals surface area contributed by atoms with Crippen LogP contribution in [0.4, 0.5) is 0 Å². The summed E-state index contributed by atoms with van der Waals surface area (Å²) in [6.07, 6.45) is 0. The Labute approximate surface area is 306 Å². The molecular weight excluding hydrogens is 821 g/mol. The molecule has 0 unspecified atom stereocenters. The zero-order valence-electron chi connectivity index (χ0n) is 27.5. The van der Waals surface area contributed by atoms with Gasteiger partial charge in [-0.05, 0) is 0 Å². The first-order valence-electron chi connectivity index (χ1n) is 16.9. The van der Waals surface area contributed by atoms with Gasteiger partial charge in [0.05, 0.1) is 0 Å². The third-order valence-electron chi connectivity index (χ3n) is 9.17. The van der Waals surface area contributed by atoms with E-state index >= 15 is 0 Å². The second-order valence-corrected chi connectivity index (χ2v) is 20.9. The Balaban J connectivity index is 1.48. The van der Waals surface area contributed by atoms with Gasteiger partial charge in [-0.2, -0.15) is 0 Å². The van der Waals surface area contributed by atoms with E-state index in [1.54, 1.807) is 0 Å². The molecule has 0 spiro atoms. The first-order valence-corrected chi connectivity index (χ1v) is 24.6. The van der Waals surface area contributed by atoms with Crippen molar-refractivity contribution in [2.24, 2.45) is 0 Å². The minimum atomic E-state index is -3.45. The van der Waals surface area contributed by atoms with Crippen LogP contribution in [-0.4, -0.2) is 20.6 Å². The van der Waals surface area contributed by atoms with Crippen LogP contribution in [0, 0.1) is 0 Å². The van der Waals surface area contributed by atoms with Gasteiger partial charge in [0, 0.05) is 0 Å². The molecule has 0 saturated heterocycles. The predicted molar refractivity (Wildman–Crippen MR) is 216 cm³/mol. The molecular formula is C48H34BiCl. The second kappa shape index (κ2) is 14.8. The van der Waals surface area contributed by atoms with Crippen LogP contribution in [0.2, 0.25) is 0 Å². The van der Waals surface area contributed by atoms with Gasteiger partial charge in [0.2, 0.25) is 0 Å². The van der Waals surface area contributed by atoms with E-state index in [4.69, 9.17) is 8.51 Å². The van der Waals surface area contributed by atoms with E-state index in [0.29, 0.717) is 0 Å². The van der Waals surface area contributed by atoms with E-state index in [0.717, 1.165) is 0 Å². The van der Waals surface area contributed by atoms with Crippen LogP contribution in [-0.2, 0) is 0 Å². The standard InChI is InChI=1S/2C24H17.Bi.ClH/c2*1-4-10-19(11-5-1)22-16-23(20-12-6-2-7-13-20)18-24(17-22)21-14-8-3-9-15-21;;/h2*1-17H;;1H/q;;+1;/p-1. The number of benzene rings is 8. The van der Waals surface area contributed by atoms with Crippen molar-refractivity contribution < 1.29 is 0 Å². The Bertz CT molecular complexity index is 2050. The molecule has 0 aliphatic heterocycles. The van der Waals surface area contributed by atoms with E-state index in [1.165, 1.54) is 73.3 Å². The van der Waals surface area contributed by atoms with Crippen LogP contribution < -0.4 is 6.54 Å². The van der Waals surface area contributed by atoms with Crippen molar-refractivity contribution in [2.75, 3.05) is 0 Å². The van der Waals surface area contributed by atoms with E-state index in [2.05, 4.69) is 206 Å². The van der Waals surface area contributed by atoms with E-state index in [9.17, 15) is 0 Å². The predicted octanol–water partition coefficient (Wildman–Crippen LogP) is 12.0. The summed E-state index contributed by atoms with van der Waals surface area (Å²) >= 11 is -3.45. The Morgan fingerprint density at radius 3 is 0.660 bits per heavy atom. The first-order chi connectivity index (χ1) is 24.7. The summed E-state index contributed by atoms with van der Waals surface area (Å²) in [6, 6.07) is 74.1. The molecule has 8 aromatic carbocycles. The third-order valence-corrected chi connectivity index (χ3v) is 18.9. The van der Waals surface area contributed by atoms with Gasteiger partial charge in [0.25, 0.3) is 0 Å². The van der Waals surface area contributed by atoms with E-state index in [-0.39, 0.29) is 0 Å². The zero-order valence-corrected chi connectivity index (χ0v) is 31.7. The fraction of sp³-hybridized carbons (Fsp3) is 0. The molecule has 0 amide bonds. The van der Waals surface area contributed by atoms with Gasteiger partial charge in [0.15, 0.2) is 0 Å². The van der Waals surface area contributed by atoms with Gasteiger partial charge in [0.1, 0.15) is 0 Å². The zero-order chi connectivity index (χ0) is 33.7. The van der Waals surface area contributed by atoms with Crippen molar-refractivity contribution in [2.45, 2.75) is 0 Å². The Kier molecular flexibility index (Phi) is 9.53. The molecule has 0 N–H and O–H groups in total. The van der Waals surface area contributed by atoms with Gasteiger partial charge in [-0.15, -0.1) is 0 Å². The van der Waals surface area contributed by atoms with Gasteiger partial charge in [-0.3, -0.25) is 0 Å². The third kappa shape index (κ3) is 6.60. The molecule has 238 valence electrons. The molecule has 8 aromatic rings. The van der Waals surface area contributed by atoms with Crippen LogP contribution in [0.5, 0.6) is 0 Å². The molecule has 0 atom stereocenters. The number of halogens is 1. The molecule has 0 nitrogen and oxygen atoms in total. The maximum absolute atomic E-state index is 8.35. The van der Waals surface area contributed by atoms with Crippen LogP contribution >= 0.6 is 8.51 Å². The fourth-order valence-electron chi connectivity index (χ4n) is 6.75. The van der Waals surface area contributed by atoms with Crippen molar-refractivity contribution in [3.63, 3.8) is 0 Å². The average Bonchev–Trinajstić information content (AvgIpc) is 3.21. The monoisotopic (exact) mass is 854 g/mol. The van der Waals surface area contributed by atoms with E-state index < -0.39 is 20.6 Å². The molecule has 0 radical (unpaired) electrons. The van der Waals surface area contributed by atoms with Crippen molar-refractivity contribution in [1.29, 1.82) is 0 Å². The first kappa shape index (κ1) is 32.2. The SMILES string of the molecule is [Cl][Bi]([c]1c(-c2ccccc2)cc(-c2ccccc2)cc1-c1ccccc1)[c]1c(-c2ccccc2)cc(-c2ccccc2)cc1-c1ccccc1. The number of rotatable bonds is 8. The van der Waals surface area contributed by atoms with Crippen molar-refractivity contribution in [3.05, 3.63) is 206 Å². The Morgan fingerprint density at radius 2 is 0.440 bits per heavy atom. The van der Waals surface area contributed by atoms with Crippen LogP contribution in [0.1, 0.15) is 0 Å². The summed E-state index contributed by atoms with van der Waals surface area (Å²) in [5.41, 5.74) is 14.3. The summed E-state index contributed by atoms with van der Waals surface area (Å²) in [7, 11) is 8.35. The maximum atomic E-state index is 8.35. The Hall–Kier alpha value is -5.07. The number of hydrogen-bond donors (Lipinski definition) is 0. The molecule has 0 aliphatic rings. The van der Waals surface area contributed by atoms with Gasteiger partial charge >= 0.3 is 309 Å². The van der Waals surface area contributed by atoms with Gasteiger partial charge in [-0.25, -0.2) is 0 Å².